The molecule has 110 valence electrons. The second-order valence-electron chi connectivity index (χ2n) is 4.62. The Morgan fingerprint density at radius 3 is 2.82 bits per heavy atom. The van der Waals surface area contributed by atoms with Crippen LogP contribution in [0.1, 0.15) is 5.56 Å². The molecule has 6 nitrogen and oxygen atoms in total. The zero-order valence-electron chi connectivity index (χ0n) is 11.5. The minimum Gasteiger partial charge on any atom is -0.326 e. The van der Waals surface area contributed by atoms with Gasteiger partial charge in [-0.25, -0.2) is 9.07 Å². The summed E-state index contributed by atoms with van der Waals surface area (Å²) in [5.74, 6) is -0.681. The van der Waals surface area contributed by atoms with Crippen molar-refractivity contribution in [3.63, 3.8) is 0 Å². The molecule has 0 aliphatic heterocycles. The molecule has 1 N–H and O–H groups in total. The Hall–Kier alpha value is -3.09. The quantitative estimate of drug-likeness (QED) is 0.799. The summed E-state index contributed by atoms with van der Waals surface area (Å²) < 4.78 is 15.0. The molecule has 1 heterocycles. The van der Waals surface area contributed by atoms with E-state index in [0.29, 0.717) is 16.9 Å². The molecule has 1 aromatic heterocycles. The molecular weight excluding hydrogens is 285 g/mol. The molecule has 0 atom stereocenters. The van der Waals surface area contributed by atoms with Gasteiger partial charge >= 0.3 is 0 Å². The van der Waals surface area contributed by atoms with Crippen molar-refractivity contribution >= 4 is 11.6 Å². The third kappa shape index (κ3) is 3.14. The summed E-state index contributed by atoms with van der Waals surface area (Å²) in [6.07, 6.45) is 1.43. The summed E-state index contributed by atoms with van der Waals surface area (Å²) in [5.41, 5.74) is 1.67. The fraction of sp³-hybridized carbons (Fsp3) is 0.0667. The average molecular weight is 297 g/mol. The summed E-state index contributed by atoms with van der Waals surface area (Å²) in [5, 5.41) is 13.6. The number of anilines is 1. The smallest absolute Gasteiger partial charge is 0.228 e. The van der Waals surface area contributed by atoms with E-state index in [4.69, 9.17) is 0 Å². The van der Waals surface area contributed by atoms with Gasteiger partial charge in [-0.3, -0.25) is 4.79 Å². The molecule has 0 bridgehead atoms. The maximum absolute atomic E-state index is 13.5. The Morgan fingerprint density at radius 2 is 2.05 bits per heavy atom. The molecule has 22 heavy (non-hydrogen) atoms. The number of halogens is 1. The number of hydrogen-bond donors (Lipinski definition) is 1. The van der Waals surface area contributed by atoms with Crippen LogP contribution in [0.4, 0.5) is 10.1 Å². The molecule has 3 rings (SSSR count). The highest BCUT2D eigenvalue weighted by Crippen LogP contribution is 2.14. The number of nitrogens with one attached hydrogen (secondary N) is 1. The summed E-state index contributed by atoms with van der Waals surface area (Å²) in [6, 6.07) is 13.3. The Morgan fingerprint density at radius 1 is 1.18 bits per heavy atom. The van der Waals surface area contributed by atoms with Crippen LogP contribution in [0, 0.1) is 5.82 Å². The highest BCUT2D eigenvalue weighted by molar-refractivity contribution is 5.92. The summed E-state index contributed by atoms with van der Waals surface area (Å²) in [7, 11) is 0. The van der Waals surface area contributed by atoms with Crippen LogP contribution >= 0.6 is 0 Å². The maximum Gasteiger partial charge on any atom is 0.228 e. The van der Waals surface area contributed by atoms with Crippen molar-refractivity contribution in [1.82, 2.24) is 20.2 Å². The number of tetrazole rings is 1. The Balaban J connectivity index is 1.72. The summed E-state index contributed by atoms with van der Waals surface area (Å²) in [4.78, 5) is 12.0. The Bertz CT molecular complexity index is 788. The van der Waals surface area contributed by atoms with Gasteiger partial charge in [-0.1, -0.05) is 24.3 Å². The van der Waals surface area contributed by atoms with Crippen LogP contribution in [0.2, 0.25) is 0 Å². The van der Waals surface area contributed by atoms with Gasteiger partial charge in [0, 0.05) is 5.69 Å². The summed E-state index contributed by atoms with van der Waals surface area (Å²) >= 11 is 0. The van der Waals surface area contributed by atoms with Crippen molar-refractivity contribution in [3.8, 4) is 5.69 Å². The largest absolute Gasteiger partial charge is 0.326 e. The van der Waals surface area contributed by atoms with E-state index in [2.05, 4.69) is 20.8 Å². The van der Waals surface area contributed by atoms with Crippen LogP contribution < -0.4 is 5.32 Å². The number of benzene rings is 2. The molecule has 7 heteroatoms. The first-order valence-electron chi connectivity index (χ1n) is 6.59. The van der Waals surface area contributed by atoms with Crippen molar-refractivity contribution in [2.45, 2.75) is 6.42 Å². The number of nitrogens with zero attached hydrogens (tertiary/aromatic N) is 4. The minimum absolute atomic E-state index is 0.0260. The molecule has 0 aliphatic carbocycles. The Kier molecular flexibility index (Phi) is 3.86. The second-order valence-corrected chi connectivity index (χ2v) is 4.62. The van der Waals surface area contributed by atoms with Crippen LogP contribution in [0.15, 0.2) is 54.9 Å². The van der Waals surface area contributed by atoms with Gasteiger partial charge in [-0.2, -0.15) is 0 Å². The van der Waals surface area contributed by atoms with Gasteiger partial charge in [-0.15, -0.1) is 5.10 Å². The van der Waals surface area contributed by atoms with Crippen LogP contribution in [-0.4, -0.2) is 26.1 Å². The maximum atomic E-state index is 13.5. The van der Waals surface area contributed by atoms with Crippen molar-refractivity contribution in [2.75, 3.05) is 5.32 Å². The Labute approximate surface area is 125 Å². The monoisotopic (exact) mass is 297 g/mol. The van der Waals surface area contributed by atoms with E-state index in [0.717, 1.165) is 0 Å². The molecule has 1 amide bonds. The van der Waals surface area contributed by atoms with E-state index >= 15 is 0 Å². The zero-order valence-corrected chi connectivity index (χ0v) is 11.5. The molecule has 0 spiro atoms. The summed E-state index contributed by atoms with van der Waals surface area (Å²) in [6.45, 7) is 0. The fourth-order valence-corrected chi connectivity index (χ4v) is 2.03. The molecule has 0 saturated heterocycles. The van der Waals surface area contributed by atoms with Crippen LogP contribution in [0.25, 0.3) is 5.69 Å². The van der Waals surface area contributed by atoms with Gasteiger partial charge in [0.25, 0.3) is 0 Å². The lowest BCUT2D eigenvalue weighted by Crippen LogP contribution is -2.15. The van der Waals surface area contributed by atoms with Crippen molar-refractivity contribution in [3.05, 3.63) is 66.2 Å². The van der Waals surface area contributed by atoms with E-state index in [1.165, 1.54) is 17.1 Å². The first-order valence-corrected chi connectivity index (χ1v) is 6.59. The lowest BCUT2D eigenvalue weighted by atomic mass is 10.1. The third-order valence-corrected chi connectivity index (χ3v) is 3.05. The minimum atomic E-state index is -0.389. The number of carbonyl (C=O) groups excluding carboxylic acids is 1. The highest BCUT2D eigenvalue weighted by Gasteiger charge is 2.08. The van der Waals surface area contributed by atoms with Crippen molar-refractivity contribution in [2.24, 2.45) is 0 Å². The van der Waals surface area contributed by atoms with Gasteiger partial charge in [0.15, 0.2) is 0 Å². The first-order chi connectivity index (χ1) is 10.7. The lowest BCUT2D eigenvalue weighted by molar-refractivity contribution is -0.115. The highest BCUT2D eigenvalue weighted by atomic mass is 19.1. The van der Waals surface area contributed by atoms with Gasteiger partial charge < -0.3 is 5.32 Å². The number of hydrogen-bond acceptors (Lipinski definition) is 4. The normalized spacial score (nSPS) is 10.4. The van der Waals surface area contributed by atoms with Crippen molar-refractivity contribution < 1.29 is 9.18 Å². The van der Waals surface area contributed by atoms with Gasteiger partial charge in [-0.05, 0) is 40.3 Å². The predicted molar refractivity (Wildman–Crippen MR) is 77.9 cm³/mol. The molecule has 0 saturated carbocycles. The SMILES string of the molecule is O=C(Cc1ccccc1F)Nc1cccc(-n2cnnn2)c1. The number of aromatic nitrogens is 4. The molecule has 0 radical (unpaired) electrons. The number of rotatable bonds is 4. The predicted octanol–water partition coefficient (Wildman–Crippen LogP) is 1.98. The van der Waals surface area contributed by atoms with Crippen molar-refractivity contribution in [1.29, 1.82) is 0 Å². The van der Waals surface area contributed by atoms with E-state index in [9.17, 15) is 9.18 Å². The molecule has 3 aromatic rings. The molecule has 0 fully saturated rings. The van der Waals surface area contributed by atoms with Gasteiger partial charge in [0.1, 0.15) is 12.1 Å². The molecule has 0 aliphatic rings. The fourth-order valence-electron chi connectivity index (χ4n) is 2.03. The van der Waals surface area contributed by atoms with Gasteiger partial charge in [0.2, 0.25) is 5.91 Å². The van der Waals surface area contributed by atoms with Crippen LogP contribution in [0.3, 0.4) is 0 Å². The standard InChI is InChI=1S/C15H12FN5O/c16-14-7-2-1-4-11(14)8-15(22)18-12-5-3-6-13(9-12)21-10-17-19-20-21/h1-7,9-10H,8H2,(H,18,22). The third-order valence-electron chi connectivity index (χ3n) is 3.05. The first kappa shape index (κ1) is 13.9. The van der Waals surface area contributed by atoms with Crippen LogP contribution in [-0.2, 0) is 11.2 Å². The van der Waals surface area contributed by atoms with E-state index in [-0.39, 0.29) is 18.1 Å². The number of amides is 1. The molecule has 2 aromatic carbocycles. The lowest BCUT2D eigenvalue weighted by Gasteiger charge is -2.07. The second kappa shape index (κ2) is 6.13. The zero-order chi connectivity index (χ0) is 15.4. The average Bonchev–Trinajstić information content (AvgIpc) is 3.04. The van der Waals surface area contributed by atoms with Crippen LogP contribution in [0.5, 0.6) is 0 Å². The van der Waals surface area contributed by atoms with Gasteiger partial charge in [0.05, 0.1) is 12.1 Å². The molecule has 0 unspecified atom stereocenters. The van der Waals surface area contributed by atoms with E-state index < -0.39 is 0 Å². The van der Waals surface area contributed by atoms with E-state index in [1.54, 1.807) is 36.4 Å². The topological polar surface area (TPSA) is 72.7 Å². The van der Waals surface area contributed by atoms with E-state index in [1.807, 2.05) is 6.07 Å². The molecular formula is C15H12FN5O. The number of carbonyl (C=O) groups is 1.